The molecule has 0 aliphatic rings. The first-order chi connectivity index (χ1) is 9.54. The van der Waals surface area contributed by atoms with Crippen LogP contribution in [0.1, 0.15) is 51.4 Å². The summed E-state index contributed by atoms with van der Waals surface area (Å²) in [4.78, 5) is 11.0. The largest absolute Gasteiger partial charge is 0.314 e. The Morgan fingerprint density at radius 2 is 2.05 bits per heavy atom. The maximum atomic E-state index is 11.3. The molecule has 0 saturated heterocycles. The summed E-state index contributed by atoms with van der Waals surface area (Å²) in [7, 11) is 0. The fraction of sp³-hybridized carbons (Fsp3) is 0.786. The van der Waals surface area contributed by atoms with Crippen LogP contribution in [0.4, 0.5) is 5.69 Å². The smallest absolute Gasteiger partial charge is 0.313 e. The summed E-state index contributed by atoms with van der Waals surface area (Å²) in [5.41, 5.74) is 1.46. The van der Waals surface area contributed by atoms with Crippen molar-refractivity contribution < 1.29 is 4.92 Å². The van der Waals surface area contributed by atoms with Gasteiger partial charge in [-0.25, -0.2) is 0 Å². The number of aryl methyl sites for hydroxylation is 2. The third-order valence-electron chi connectivity index (χ3n) is 3.43. The zero-order chi connectivity index (χ0) is 15.1. The highest BCUT2D eigenvalue weighted by Gasteiger charge is 2.26. The molecule has 1 aromatic heterocycles. The summed E-state index contributed by atoms with van der Waals surface area (Å²) in [6.07, 6.45) is 3.59. The number of nitrogens with one attached hydrogen (secondary N) is 1. The van der Waals surface area contributed by atoms with Crippen LogP contribution < -0.4 is 5.32 Å². The van der Waals surface area contributed by atoms with Gasteiger partial charge < -0.3 is 5.32 Å². The summed E-state index contributed by atoms with van der Waals surface area (Å²) < 4.78 is 1.81. The van der Waals surface area contributed by atoms with Gasteiger partial charge in [-0.2, -0.15) is 5.10 Å². The lowest BCUT2D eigenvalue weighted by Gasteiger charge is -2.16. The Bertz CT molecular complexity index is 443. The van der Waals surface area contributed by atoms with Crippen LogP contribution in [-0.4, -0.2) is 27.3 Å². The van der Waals surface area contributed by atoms with Gasteiger partial charge in [0.05, 0.1) is 4.92 Å². The molecule has 1 aromatic rings. The monoisotopic (exact) mass is 282 g/mol. The molecule has 0 radical (unpaired) electrons. The van der Waals surface area contributed by atoms with Crippen molar-refractivity contribution in [3.8, 4) is 0 Å². The molecule has 0 saturated carbocycles. The van der Waals surface area contributed by atoms with E-state index in [2.05, 4.69) is 31.2 Å². The molecular weight excluding hydrogens is 256 g/mol. The van der Waals surface area contributed by atoms with Crippen LogP contribution in [0, 0.1) is 17.0 Å². The predicted molar refractivity (Wildman–Crippen MR) is 80.0 cm³/mol. The van der Waals surface area contributed by atoms with Crippen molar-refractivity contribution in [3.63, 3.8) is 0 Å². The minimum absolute atomic E-state index is 0.190. The van der Waals surface area contributed by atoms with Gasteiger partial charge >= 0.3 is 5.69 Å². The molecule has 0 aromatic carbocycles. The normalized spacial score (nSPS) is 12.6. The highest BCUT2D eigenvalue weighted by Crippen LogP contribution is 2.25. The minimum atomic E-state index is -0.295. The molecule has 6 nitrogen and oxygen atoms in total. The molecule has 0 aliphatic carbocycles. The van der Waals surface area contributed by atoms with E-state index in [9.17, 15) is 10.1 Å². The third-order valence-corrected chi connectivity index (χ3v) is 3.43. The molecule has 0 fully saturated rings. The number of nitrogens with zero attached hydrogens (tertiary/aromatic N) is 3. The van der Waals surface area contributed by atoms with Gasteiger partial charge in [-0.05, 0) is 32.7 Å². The Morgan fingerprint density at radius 3 is 2.55 bits per heavy atom. The second-order valence-corrected chi connectivity index (χ2v) is 5.12. The molecule has 0 bridgehead atoms. The topological polar surface area (TPSA) is 73.0 Å². The molecule has 114 valence electrons. The van der Waals surface area contributed by atoms with Gasteiger partial charge in [-0.1, -0.05) is 20.8 Å². The number of hydrogen-bond acceptors (Lipinski definition) is 4. The summed E-state index contributed by atoms with van der Waals surface area (Å²) in [5.74, 6) is 0. The first kappa shape index (κ1) is 16.6. The maximum Gasteiger partial charge on any atom is 0.313 e. The minimum Gasteiger partial charge on any atom is -0.314 e. The number of hydrogen-bond donors (Lipinski definition) is 1. The first-order valence-electron chi connectivity index (χ1n) is 7.49. The van der Waals surface area contributed by atoms with E-state index in [0.717, 1.165) is 38.0 Å². The maximum absolute atomic E-state index is 11.3. The van der Waals surface area contributed by atoms with E-state index >= 15 is 0 Å². The van der Waals surface area contributed by atoms with Crippen LogP contribution in [-0.2, 0) is 13.0 Å². The van der Waals surface area contributed by atoms with Crippen LogP contribution in [0.3, 0.4) is 0 Å². The van der Waals surface area contributed by atoms with Gasteiger partial charge in [0.1, 0.15) is 11.4 Å². The van der Waals surface area contributed by atoms with E-state index in [4.69, 9.17) is 0 Å². The van der Waals surface area contributed by atoms with E-state index < -0.39 is 0 Å². The molecule has 1 N–H and O–H groups in total. The molecule has 1 atom stereocenters. The van der Waals surface area contributed by atoms with Crippen LogP contribution in [0.2, 0.25) is 0 Å². The van der Waals surface area contributed by atoms with Crippen molar-refractivity contribution in [3.05, 3.63) is 21.5 Å². The van der Waals surface area contributed by atoms with E-state index in [1.165, 1.54) is 0 Å². The molecule has 20 heavy (non-hydrogen) atoms. The summed E-state index contributed by atoms with van der Waals surface area (Å²) in [6.45, 7) is 9.66. The Morgan fingerprint density at radius 1 is 1.35 bits per heavy atom. The van der Waals surface area contributed by atoms with E-state index in [0.29, 0.717) is 12.1 Å². The second kappa shape index (κ2) is 7.99. The Hall–Kier alpha value is -1.43. The van der Waals surface area contributed by atoms with Crippen LogP contribution >= 0.6 is 0 Å². The summed E-state index contributed by atoms with van der Waals surface area (Å²) >= 11 is 0. The van der Waals surface area contributed by atoms with E-state index in [1.54, 1.807) is 6.92 Å². The highest BCUT2D eigenvalue weighted by atomic mass is 16.6. The molecule has 1 rings (SSSR count). The number of aromatic nitrogens is 2. The zero-order valence-corrected chi connectivity index (χ0v) is 13.0. The average Bonchev–Trinajstić information content (AvgIpc) is 2.71. The van der Waals surface area contributed by atoms with Gasteiger partial charge in [0, 0.05) is 19.0 Å². The van der Waals surface area contributed by atoms with Gasteiger partial charge in [-0.3, -0.25) is 14.8 Å². The lowest BCUT2D eigenvalue weighted by Crippen LogP contribution is -2.32. The lowest BCUT2D eigenvalue weighted by atomic mass is 10.1. The van der Waals surface area contributed by atoms with Crippen LogP contribution in [0.5, 0.6) is 0 Å². The highest BCUT2D eigenvalue weighted by molar-refractivity contribution is 5.41. The van der Waals surface area contributed by atoms with Crippen molar-refractivity contribution in [2.75, 3.05) is 6.54 Å². The first-order valence-corrected chi connectivity index (χ1v) is 7.49. The van der Waals surface area contributed by atoms with E-state index in [1.807, 2.05) is 4.68 Å². The van der Waals surface area contributed by atoms with Gasteiger partial charge in [-0.15, -0.1) is 0 Å². The van der Waals surface area contributed by atoms with Crippen molar-refractivity contribution in [2.24, 2.45) is 0 Å². The van der Waals surface area contributed by atoms with Crippen molar-refractivity contribution in [1.82, 2.24) is 15.1 Å². The summed E-state index contributed by atoms with van der Waals surface area (Å²) in [6, 6.07) is 0.264. The Balaban J connectivity index is 3.02. The van der Waals surface area contributed by atoms with Gasteiger partial charge in [0.25, 0.3) is 0 Å². The van der Waals surface area contributed by atoms with Crippen LogP contribution in [0.25, 0.3) is 0 Å². The average molecular weight is 282 g/mol. The predicted octanol–water partition coefficient (Wildman–Crippen LogP) is 2.83. The molecule has 0 spiro atoms. The Kier molecular flexibility index (Phi) is 6.64. The lowest BCUT2D eigenvalue weighted by molar-refractivity contribution is -0.386. The van der Waals surface area contributed by atoms with E-state index in [-0.39, 0.29) is 16.7 Å². The summed E-state index contributed by atoms with van der Waals surface area (Å²) in [5, 5.41) is 19.1. The third kappa shape index (κ3) is 4.03. The fourth-order valence-electron chi connectivity index (χ4n) is 2.40. The number of nitro groups is 1. The standard InChI is InChI=1S/C14H26N4O2/c1-5-8-15-12(7-3)10-13-14(18(19)20)11(4)16-17(13)9-6-2/h12,15H,5-10H2,1-4H3. The molecular formula is C14H26N4O2. The fourth-order valence-corrected chi connectivity index (χ4v) is 2.40. The SMILES string of the molecule is CCCNC(CC)Cc1c([N+](=O)[O-])c(C)nn1CCC. The Labute approximate surface area is 120 Å². The van der Waals surface area contributed by atoms with Crippen LogP contribution in [0.15, 0.2) is 0 Å². The number of rotatable bonds is 9. The van der Waals surface area contributed by atoms with Gasteiger partial charge in [0.2, 0.25) is 0 Å². The molecule has 1 unspecified atom stereocenters. The molecule has 0 amide bonds. The zero-order valence-electron chi connectivity index (χ0n) is 13.0. The van der Waals surface area contributed by atoms with Crippen molar-refractivity contribution in [2.45, 2.75) is 66.0 Å². The second-order valence-electron chi connectivity index (χ2n) is 5.12. The molecule has 0 aliphatic heterocycles. The molecule has 1 heterocycles. The van der Waals surface area contributed by atoms with Gasteiger partial charge in [0.15, 0.2) is 0 Å². The van der Waals surface area contributed by atoms with Crippen molar-refractivity contribution in [1.29, 1.82) is 0 Å². The van der Waals surface area contributed by atoms with Crippen molar-refractivity contribution >= 4 is 5.69 Å². The molecule has 6 heteroatoms. The quantitative estimate of drug-likeness (QED) is 0.558.